The predicted octanol–water partition coefficient (Wildman–Crippen LogP) is 4.15. The van der Waals surface area contributed by atoms with Gasteiger partial charge >= 0.3 is 0 Å². The summed E-state index contributed by atoms with van der Waals surface area (Å²) in [5.41, 5.74) is -1.52. The van der Waals surface area contributed by atoms with E-state index < -0.39 is 27.9 Å². The molecule has 0 spiro atoms. The lowest BCUT2D eigenvalue weighted by Gasteiger charge is -2.51. The SMILES string of the molecule is CC(C)C(NC(=O)c1ccccc1[N+](=O)[O-])C(=O)N1CCC(O)(c2ccc(Cl)cc2)C(C)(C)C1. The van der Waals surface area contributed by atoms with E-state index in [4.69, 9.17) is 11.6 Å². The van der Waals surface area contributed by atoms with Gasteiger partial charge in [0.1, 0.15) is 11.6 Å². The lowest BCUT2D eigenvalue weighted by molar-refractivity contribution is -0.385. The Kier molecular flexibility index (Phi) is 7.33. The first-order chi connectivity index (χ1) is 15.9. The molecule has 8 nitrogen and oxygen atoms in total. The number of aliphatic hydroxyl groups is 1. The Morgan fingerprint density at radius 2 is 1.76 bits per heavy atom. The van der Waals surface area contributed by atoms with Crippen molar-refractivity contribution in [1.29, 1.82) is 0 Å². The average Bonchev–Trinajstić information content (AvgIpc) is 2.78. The molecule has 1 saturated heterocycles. The van der Waals surface area contributed by atoms with E-state index >= 15 is 0 Å². The molecule has 0 aliphatic carbocycles. The minimum absolute atomic E-state index is 0.0953. The molecule has 0 saturated carbocycles. The van der Waals surface area contributed by atoms with Crippen molar-refractivity contribution in [2.24, 2.45) is 11.3 Å². The zero-order valence-corrected chi connectivity index (χ0v) is 20.5. The number of amides is 2. The van der Waals surface area contributed by atoms with E-state index in [0.29, 0.717) is 18.0 Å². The molecule has 1 aliphatic heterocycles. The number of carbonyl (C=O) groups excluding carboxylic acids is 2. The number of nitro benzene ring substituents is 1. The van der Waals surface area contributed by atoms with Gasteiger partial charge < -0.3 is 15.3 Å². The number of halogens is 1. The smallest absolute Gasteiger partial charge is 0.282 e. The molecule has 182 valence electrons. The molecule has 0 aromatic heterocycles. The van der Waals surface area contributed by atoms with Crippen LogP contribution in [0.1, 0.15) is 50.0 Å². The van der Waals surface area contributed by atoms with Gasteiger partial charge in [-0.1, -0.05) is 63.6 Å². The minimum Gasteiger partial charge on any atom is -0.384 e. The van der Waals surface area contributed by atoms with E-state index in [2.05, 4.69) is 5.32 Å². The molecule has 0 radical (unpaired) electrons. The maximum atomic E-state index is 13.5. The Morgan fingerprint density at radius 1 is 1.15 bits per heavy atom. The molecule has 2 aromatic rings. The van der Waals surface area contributed by atoms with Crippen LogP contribution in [0.4, 0.5) is 5.69 Å². The molecule has 2 unspecified atom stereocenters. The van der Waals surface area contributed by atoms with E-state index in [9.17, 15) is 24.8 Å². The van der Waals surface area contributed by atoms with Gasteiger partial charge in [-0.15, -0.1) is 0 Å². The third kappa shape index (κ3) is 4.93. The van der Waals surface area contributed by atoms with Crippen LogP contribution in [0.25, 0.3) is 0 Å². The molecular weight excluding hydrogens is 458 g/mol. The van der Waals surface area contributed by atoms with Gasteiger partial charge in [0.05, 0.1) is 10.5 Å². The highest BCUT2D eigenvalue weighted by Crippen LogP contribution is 2.46. The van der Waals surface area contributed by atoms with Crippen LogP contribution in [0, 0.1) is 21.4 Å². The molecular formula is C25H30ClN3O5. The van der Waals surface area contributed by atoms with Crippen LogP contribution in [0.3, 0.4) is 0 Å². The van der Waals surface area contributed by atoms with E-state index in [0.717, 1.165) is 5.56 Å². The van der Waals surface area contributed by atoms with Gasteiger partial charge in [-0.2, -0.15) is 0 Å². The first-order valence-electron chi connectivity index (χ1n) is 11.2. The zero-order valence-electron chi connectivity index (χ0n) is 19.7. The predicted molar refractivity (Wildman–Crippen MR) is 130 cm³/mol. The van der Waals surface area contributed by atoms with Gasteiger partial charge in [0, 0.05) is 29.6 Å². The summed E-state index contributed by atoms with van der Waals surface area (Å²) in [5.74, 6) is -1.21. The van der Waals surface area contributed by atoms with Crippen molar-refractivity contribution in [3.05, 3.63) is 74.8 Å². The van der Waals surface area contributed by atoms with E-state index in [1.165, 1.54) is 18.2 Å². The summed E-state index contributed by atoms with van der Waals surface area (Å²) in [6.45, 7) is 7.99. The largest absolute Gasteiger partial charge is 0.384 e. The highest BCUT2D eigenvalue weighted by molar-refractivity contribution is 6.30. The first-order valence-corrected chi connectivity index (χ1v) is 11.6. The Bertz CT molecular complexity index is 1090. The van der Waals surface area contributed by atoms with E-state index in [1.807, 2.05) is 13.8 Å². The summed E-state index contributed by atoms with van der Waals surface area (Å²) in [4.78, 5) is 38.7. The first kappa shape index (κ1) is 25.6. The quantitative estimate of drug-likeness (QED) is 0.469. The molecule has 3 rings (SSSR count). The maximum absolute atomic E-state index is 13.5. The number of nitrogens with zero attached hydrogens (tertiary/aromatic N) is 2. The molecule has 2 N–H and O–H groups in total. The standard InChI is InChI=1S/C25H30ClN3O5/c1-16(2)21(27-22(30)19-7-5-6-8-20(19)29(33)34)23(31)28-14-13-25(32,24(3,4)15-28)17-9-11-18(26)12-10-17/h5-12,16,21,32H,13-15H2,1-4H3,(H,27,30). The molecule has 34 heavy (non-hydrogen) atoms. The van der Waals surface area contributed by atoms with Crippen molar-refractivity contribution in [2.45, 2.75) is 45.8 Å². The molecule has 9 heteroatoms. The average molecular weight is 488 g/mol. The summed E-state index contributed by atoms with van der Waals surface area (Å²) in [6.07, 6.45) is 0.316. The van der Waals surface area contributed by atoms with Crippen LogP contribution in [0.5, 0.6) is 0 Å². The van der Waals surface area contributed by atoms with Gasteiger partial charge in [-0.05, 0) is 36.1 Å². The number of benzene rings is 2. The van der Waals surface area contributed by atoms with Crippen LogP contribution in [-0.2, 0) is 10.4 Å². The van der Waals surface area contributed by atoms with Crippen LogP contribution in [0.2, 0.25) is 5.02 Å². The summed E-state index contributed by atoms with van der Waals surface area (Å²) in [6, 6.07) is 11.8. The lowest BCUT2D eigenvalue weighted by Crippen LogP contribution is -2.60. The molecule has 1 aliphatic rings. The van der Waals surface area contributed by atoms with Crippen LogP contribution in [0.15, 0.2) is 48.5 Å². The van der Waals surface area contributed by atoms with Crippen LogP contribution < -0.4 is 5.32 Å². The van der Waals surface area contributed by atoms with Crippen LogP contribution >= 0.6 is 11.6 Å². The van der Waals surface area contributed by atoms with Gasteiger partial charge in [0.25, 0.3) is 11.6 Å². The second kappa shape index (κ2) is 9.72. The Balaban J connectivity index is 1.80. The molecule has 0 bridgehead atoms. The second-order valence-electron chi connectivity index (χ2n) is 9.73. The number of para-hydroxylation sites is 1. The number of likely N-dealkylation sites (tertiary alicyclic amines) is 1. The number of hydrogen-bond donors (Lipinski definition) is 2. The van der Waals surface area contributed by atoms with Gasteiger partial charge in [0.2, 0.25) is 5.91 Å². The Labute approximate surface area is 204 Å². The lowest BCUT2D eigenvalue weighted by atomic mass is 9.66. The van der Waals surface area contributed by atoms with Gasteiger partial charge in [-0.25, -0.2) is 0 Å². The fraction of sp³-hybridized carbons (Fsp3) is 0.440. The van der Waals surface area contributed by atoms with E-state index in [-0.39, 0.29) is 29.6 Å². The fourth-order valence-corrected chi connectivity index (χ4v) is 4.65. The highest BCUT2D eigenvalue weighted by atomic mass is 35.5. The Morgan fingerprint density at radius 3 is 2.32 bits per heavy atom. The van der Waals surface area contributed by atoms with E-state index in [1.54, 1.807) is 49.1 Å². The highest BCUT2D eigenvalue weighted by Gasteiger charge is 2.50. The molecule has 2 amide bonds. The monoisotopic (exact) mass is 487 g/mol. The van der Waals surface area contributed by atoms with Crippen molar-refractivity contribution < 1.29 is 19.6 Å². The van der Waals surface area contributed by atoms with Crippen molar-refractivity contribution in [2.75, 3.05) is 13.1 Å². The number of rotatable bonds is 6. The molecule has 2 aromatic carbocycles. The number of carbonyl (C=O) groups is 2. The normalized spacial score (nSPS) is 20.6. The van der Waals surface area contributed by atoms with Gasteiger partial charge in [0.15, 0.2) is 0 Å². The third-order valence-corrected chi connectivity index (χ3v) is 6.90. The third-order valence-electron chi connectivity index (χ3n) is 6.65. The van der Waals surface area contributed by atoms with Crippen LogP contribution in [-0.4, -0.2) is 45.9 Å². The number of nitro groups is 1. The van der Waals surface area contributed by atoms with Crippen molar-refractivity contribution in [3.63, 3.8) is 0 Å². The summed E-state index contributed by atoms with van der Waals surface area (Å²) in [5, 5.41) is 26.2. The molecule has 2 atom stereocenters. The van der Waals surface area contributed by atoms with Crippen molar-refractivity contribution in [1.82, 2.24) is 10.2 Å². The summed E-state index contributed by atoms with van der Waals surface area (Å²) >= 11 is 6.00. The minimum atomic E-state index is -1.16. The number of piperidine rings is 1. The zero-order chi connectivity index (χ0) is 25.3. The van der Waals surface area contributed by atoms with Gasteiger partial charge in [-0.3, -0.25) is 19.7 Å². The molecule has 1 fully saturated rings. The number of hydrogen-bond acceptors (Lipinski definition) is 5. The topological polar surface area (TPSA) is 113 Å². The fourth-order valence-electron chi connectivity index (χ4n) is 4.53. The second-order valence-corrected chi connectivity index (χ2v) is 10.2. The Hall–Kier alpha value is -2.97. The summed E-state index contributed by atoms with van der Waals surface area (Å²) < 4.78 is 0. The summed E-state index contributed by atoms with van der Waals surface area (Å²) in [7, 11) is 0. The maximum Gasteiger partial charge on any atom is 0.282 e. The van der Waals surface area contributed by atoms with Crippen molar-refractivity contribution >= 4 is 29.1 Å². The number of nitrogens with one attached hydrogen (secondary N) is 1. The molecule has 1 heterocycles. The van der Waals surface area contributed by atoms with Crippen molar-refractivity contribution in [3.8, 4) is 0 Å².